The fourth-order valence-corrected chi connectivity index (χ4v) is 6.49. The molecular formula is C24H30FN3O3S. The smallest absolute Gasteiger partial charge is 0.212 e. The summed E-state index contributed by atoms with van der Waals surface area (Å²) < 4.78 is 48.1. The number of nitrogens with one attached hydrogen (secondary N) is 2. The lowest BCUT2D eigenvalue weighted by atomic mass is 9.83. The zero-order valence-electron chi connectivity index (χ0n) is 18.3. The Morgan fingerprint density at radius 1 is 1.16 bits per heavy atom. The zero-order chi connectivity index (χ0) is 22.3. The number of hydrogen-bond donors (Lipinski definition) is 2. The number of anilines is 1. The monoisotopic (exact) mass is 459 g/mol. The van der Waals surface area contributed by atoms with E-state index in [-0.39, 0.29) is 29.6 Å². The average Bonchev–Trinajstić information content (AvgIpc) is 3.54. The van der Waals surface area contributed by atoms with Gasteiger partial charge in [0.25, 0.3) is 0 Å². The molecule has 1 saturated carbocycles. The molecule has 0 radical (unpaired) electrons. The Bertz CT molecular complexity index is 1070. The van der Waals surface area contributed by atoms with Crippen LogP contribution in [0, 0.1) is 11.7 Å². The van der Waals surface area contributed by atoms with Crippen LogP contribution in [0.5, 0.6) is 5.75 Å². The van der Waals surface area contributed by atoms with Gasteiger partial charge in [-0.15, -0.1) is 0 Å². The van der Waals surface area contributed by atoms with Crippen molar-refractivity contribution < 1.29 is 17.5 Å². The molecular weight excluding hydrogens is 429 g/mol. The van der Waals surface area contributed by atoms with Crippen molar-refractivity contribution in [3.05, 3.63) is 59.4 Å². The van der Waals surface area contributed by atoms with Crippen LogP contribution in [0.15, 0.2) is 42.5 Å². The Morgan fingerprint density at radius 3 is 2.59 bits per heavy atom. The summed E-state index contributed by atoms with van der Waals surface area (Å²) in [6.45, 7) is 1.44. The molecule has 2 atom stereocenters. The number of sulfonamides is 1. The largest absolute Gasteiger partial charge is 0.492 e. The van der Waals surface area contributed by atoms with Gasteiger partial charge in [-0.1, -0.05) is 30.3 Å². The SMILES string of the molecule is CN[C@@H]1COc2cc(F)c(N3CC(NS(=O)(=O)CC4CC4)C3)cc2[C@H]1Cc1ccccc1. The standard InChI is InChI=1S/C24H30FN3O3S/c1-26-22-14-31-24-11-21(25)23(10-20(24)19(22)9-16-5-3-2-4-6-16)28-12-18(13-28)27-32(29,30)15-17-7-8-17/h2-6,10-11,17-19,22,26-27H,7-9,12-15H2,1H3/t19-,22-/m1/s1. The Labute approximate surface area is 189 Å². The number of benzene rings is 2. The van der Waals surface area contributed by atoms with Crippen LogP contribution in [0.3, 0.4) is 0 Å². The molecule has 0 bridgehead atoms. The second-order valence-corrected chi connectivity index (χ2v) is 11.1. The molecule has 2 N–H and O–H groups in total. The first-order chi connectivity index (χ1) is 15.4. The summed E-state index contributed by atoms with van der Waals surface area (Å²) in [5.74, 6) is 0.939. The van der Waals surface area contributed by atoms with Crippen molar-refractivity contribution in [3.63, 3.8) is 0 Å². The molecule has 6 nitrogen and oxygen atoms in total. The van der Waals surface area contributed by atoms with Crippen molar-refractivity contribution in [1.29, 1.82) is 0 Å². The highest BCUT2D eigenvalue weighted by atomic mass is 32.2. The van der Waals surface area contributed by atoms with Gasteiger partial charge in [0.05, 0.1) is 17.5 Å². The molecule has 0 unspecified atom stereocenters. The minimum Gasteiger partial charge on any atom is -0.492 e. The highest BCUT2D eigenvalue weighted by Gasteiger charge is 2.37. The van der Waals surface area contributed by atoms with Gasteiger partial charge in [-0.05, 0) is 43.9 Å². The van der Waals surface area contributed by atoms with E-state index < -0.39 is 10.0 Å². The molecule has 2 fully saturated rings. The normalized spacial score (nSPS) is 23.4. The van der Waals surface area contributed by atoms with Gasteiger partial charge < -0.3 is 15.0 Å². The molecule has 8 heteroatoms. The van der Waals surface area contributed by atoms with Crippen LogP contribution in [0.1, 0.15) is 29.9 Å². The van der Waals surface area contributed by atoms with E-state index in [0.29, 0.717) is 37.1 Å². The Morgan fingerprint density at radius 2 is 1.91 bits per heavy atom. The lowest BCUT2D eigenvalue weighted by Crippen LogP contribution is -2.60. The van der Waals surface area contributed by atoms with Crippen LogP contribution < -0.4 is 19.7 Å². The van der Waals surface area contributed by atoms with Gasteiger partial charge in [0, 0.05) is 36.7 Å². The molecule has 2 aliphatic heterocycles. The Hall–Kier alpha value is -2.16. The second-order valence-electron chi connectivity index (χ2n) is 9.29. The minimum atomic E-state index is -3.26. The fourth-order valence-electron chi connectivity index (χ4n) is 4.78. The van der Waals surface area contributed by atoms with Gasteiger partial charge in [-0.3, -0.25) is 0 Å². The number of rotatable bonds is 8. The summed E-state index contributed by atoms with van der Waals surface area (Å²) in [7, 11) is -1.34. The van der Waals surface area contributed by atoms with Crippen molar-refractivity contribution in [2.75, 3.05) is 37.4 Å². The van der Waals surface area contributed by atoms with E-state index in [0.717, 1.165) is 24.8 Å². The summed E-state index contributed by atoms with van der Waals surface area (Å²) in [4.78, 5) is 1.91. The number of hydrogen-bond acceptors (Lipinski definition) is 5. The minimum absolute atomic E-state index is 0.124. The maximum absolute atomic E-state index is 15.0. The van der Waals surface area contributed by atoms with E-state index in [1.165, 1.54) is 11.6 Å². The molecule has 2 aromatic rings. The first-order valence-corrected chi connectivity index (χ1v) is 13.0. The summed E-state index contributed by atoms with van der Waals surface area (Å²) in [5.41, 5.74) is 2.74. The fraction of sp³-hybridized carbons (Fsp3) is 0.500. The van der Waals surface area contributed by atoms with Gasteiger partial charge in [0.2, 0.25) is 10.0 Å². The van der Waals surface area contributed by atoms with Crippen LogP contribution in [0.4, 0.5) is 10.1 Å². The molecule has 2 aromatic carbocycles. The van der Waals surface area contributed by atoms with Crippen molar-refractivity contribution in [3.8, 4) is 5.75 Å². The predicted molar refractivity (Wildman–Crippen MR) is 123 cm³/mol. The molecule has 172 valence electrons. The highest BCUT2D eigenvalue weighted by molar-refractivity contribution is 7.89. The van der Waals surface area contributed by atoms with Gasteiger partial charge in [0.1, 0.15) is 18.2 Å². The van der Waals surface area contributed by atoms with Crippen molar-refractivity contribution in [2.45, 2.75) is 37.3 Å². The molecule has 32 heavy (non-hydrogen) atoms. The van der Waals surface area contributed by atoms with Gasteiger partial charge in [-0.25, -0.2) is 17.5 Å². The van der Waals surface area contributed by atoms with Gasteiger partial charge >= 0.3 is 0 Å². The molecule has 1 saturated heterocycles. The first kappa shape index (κ1) is 21.7. The third-order valence-corrected chi connectivity index (χ3v) is 8.38. The van der Waals surface area contributed by atoms with E-state index in [4.69, 9.17) is 4.74 Å². The highest BCUT2D eigenvalue weighted by Crippen LogP contribution is 2.40. The summed E-state index contributed by atoms with van der Waals surface area (Å²) in [5, 5.41) is 3.35. The van der Waals surface area contributed by atoms with Gasteiger partial charge in [0.15, 0.2) is 0 Å². The van der Waals surface area contributed by atoms with E-state index in [1.807, 2.05) is 36.2 Å². The van der Waals surface area contributed by atoms with E-state index in [1.54, 1.807) is 0 Å². The number of nitrogens with zero attached hydrogens (tertiary/aromatic N) is 1. The molecule has 0 amide bonds. The first-order valence-electron chi connectivity index (χ1n) is 11.3. The van der Waals surface area contributed by atoms with Crippen LogP contribution in [-0.2, 0) is 16.4 Å². The average molecular weight is 460 g/mol. The molecule has 0 spiro atoms. The second kappa shape index (κ2) is 8.65. The van der Waals surface area contributed by atoms with Crippen LogP contribution in [-0.4, -0.2) is 53.0 Å². The van der Waals surface area contributed by atoms with Crippen molar-refractivity contribution in [2.24, 2.45) is 5.92 Å². The van der Waals surface area contributed by atoms with Crippen LogP contribution in [0.2, 0.25) is 0 Å². The number of likely N-dealkylation sites (N-methyl/N-ethyl adjacent to an activating group) is 1. The molecule has 5 rings (SSSR count). The van der Waals surface area contributed by atoms with Crippen LogP contribution in [0.25, 0.3) is 0 Å². The third-order valence-electron chi connectivity index (χ3n) is 6.77. The third kappa shape index (κ3) is 4.63. The van der Waals surface area contributed by atoms with E-state index >= 15 is 0 Å². The quantitative estimate of drug-likeness (QED) is 0.635. The Kier molecular flexibility index (Phi) is 5.86. The summed E-state index contributed by atoms with van der Waals surface area (Å²) >= 11 is 0. The summed E-state index contributed by atoms with van der Waals surface area (Å²) in [6, 6.07) is 13.6. The maximum Gasteiger partial charge on any atom is 0.212 e. The molecule has 1 aliphatic carbocycles. The van der Waals surface area contributed by atoms with Crippen molar-refractivity contribution in [1.82, 2.24) is 10.0 Å². The van der Waals surface area contributed by atoms with Gasteiger partial charge in [-0.2, -0.15) is 0 Å². The lowest BCUT2D eigenvalue weighted by molar-refractivity contribution is 0.218. The maximum atomic E-state index is 15.0. The molecule has 2 heterocycles. The predicted octanol–water partition coefficient (Wildman–Crippen LogP) is 2.65. The Balaban J connectivity index is 1.33. The number of ether oxygens (including phenoxy) is 1. The lowest BCUT2D eigenvalue weighted by Gasteiger charge is -2.42. The number of halogens is 1. The summed E-state index contributed by atoms with van der Waals surface area (Å²) in [6.07, 6.45) is 2.83. The van der Waals surface area contributed by atoms with E-state index in [2.05, 4.69) is 22.2 Å². The van der Waals surface area contributed by atoms with Crippen molar-refractivity contribution >= 4 is 15.7 Å². The molecule has 0 aromatic heterocycles. The zero-order valence-corrected chi connectivity index (χ0v) is 19.1. The van der Waals surface area contributed by atoms with Crippen LogP contribution >= 0.6 is 0 Å². The number of fused-ring (bicyclic) bond motifs is 1. The topological polar surface area (TPSA) is 70.7 Å². The van der Waals surface area contributed by atoms with E-state index in [9.17, 15) is 12.8 Å². The molecule has 3 aliphatic rings.